The van der Waals surface area contributed by atoms with Crippen LogP contribution in [0.1, 0.15) is 32.6 Å². The predicted molar refractivity (Wildman–Crippen MR) is 78.6 cm³/mol. The third-order valence-electron chi connectivity index (χ3n) is 3.83. The molecule has 0 spiro atoms. The van der Waals surface area contributed by atoms with Crippen LogP contribution in [0.25, 0.3) is 0 Å². The number of benzene rings is 1. The zero-order valence-electron chi connectivity index (χ0n) is 11.7. The fraction of sp³-hybridized carbons (Fsp3) is 0.571. The second-order valence-electron chi connectivity index (χ2n) is 5.82. The van der Waals surface area contributed by atoms with Crippen molar-refractivity contribution in [2.75, 3.05) is 12.3 Å². The van der Waals surface area contributed by atoms with Crippen molar-refractivity contribution in [3.8, 4) is 0 Å². The molecule has 1 aliphatic rings. The smallest absolute Gasteiger partial charge is 0.240 e. The Kier molecular flexibility index (Phi) is 4.36. The quantitative estimate of drug-likeness (QED) is 0.734. The van der Waals surface area contributed by atoms with Crippen molar-refractivity contribution in [1.29, 1.82) is 0 Å². The SMILES string of the molecule is CC1CCCC(O)(CNS(=O)(=O)c2cccc(N)c2)C1. The van der Waals surface area contributed by atoms with E-state index in [1.165, 1.54) is 12.1 Å². The van der Waals surface area contributed by atoms with E-state index in [4.69, 9.17) is 5.73 Å². The molecular formula is C14H22N2O3S. The third kappa shape index (κ3) is 3.71. The highest BCUT2D eigenvalue weighted by molar-refractivity contribution is 7.89. The number of anilines is 1. The Morgan fingerprint density at radius 1 is 1.50 bits per heavy atom. The molecule has 1 fully saturated rings. The standard InChI is InChI=1S/C14H22N2O3S/c1-11-4-3-7-14(17,9-11)10-16-20(18,19)13-6-2-5-12(15)8-13/h2,5-6,8,11,16-17H,3-4,7,9-10,15H2,1H3. The van der Waals surface area contributed by atoms with Gasteiger partial charge in [0.2, 0.25) is 10.0 Å². The van der Waals surface area contributed by atoms with E-state index >= 15 is 0 Å². The van der Waals surface area contributed by atoms with Crippen LogP contribution in [0.2, 0.25) is 0 Å². The Morgan fingerprint density at radius 2 is 2.25 bits per heavy atom. The first-order valence-corrected chi connectivity index (χ1v) is 8.37. The highest BCUT2D eigenvalue weighted by Crippen LogP contribution is 2.31. The van der Waals surface area contributed by atoms with Gasteiger partial charge in [0.15, 0.2) is 0 Å². The summed E-state index contributed by atoms with van der Waals surface area (Å²) in [6.07, 6.45) is 3.28. The molecule has 0 aromatic heterocycles. The number of hydrogen-bond acceptors (Lipinski definition) is 4. The lowest BCUT2D eigenvalue weighted by Gasteiger charge is -2.35. The van der Waals surface area contributed by atoms with Crippen LogP contribution < -0.4 is 10.5 Å². The largest absolute Gasteiger partial charge is 0.399 e. The Morgan fingerprint density at radius 3 is 2.90 bits per heavy atom. The fourth-order valence-electron chi connectivity index (χ4n) is 2.79. The molecule has 0 bridgehead atoms. The van der Waals surface area contributed by atoms with Crippen LogP contribution in [0.3, 0.4) is 0 Å². The molecule has 2 rings (SSSR count). The summed E-state index contributed by atoms with van der Waals surface area (Å²) in [7, 11) is -3.63. The summed E-state index contributed by atoms with van der Waals surface area (Å²) >= 11 is 0. The van der Waals surface area contributed by atoms with Crippen molar-refractivity contribution >= 4 is 15.7 Å². The van der Waals surface area contributed by atoms with Crippen LogP contribution in [-0.2, 0) is 10.0 Å². The van der Waals surface area contributed by atoms with E-state index in [9.17, 15) is 13.5 Å². The van der Waals surface area contributed by atoms with Crippen molar-refractivity contribution in [3.63, 3.8) is 0 Å². The Balaban J connectivity index is 2.06. The molecule has 5 nitrogen and oxygen atoms in total. The summed E-state index contributed by atoms with van der Waals surface area (Å²) < 4.78 is 26.8. The summed E-state index contributed by atoms with van der Waals surface area (Å²) in [4.78, 5) is 0.130. The number of nitrogens with two attached hydrogens (primary N) is 1. The summed E-state index contributed by atoms with van der Waals surface area (Å²) in [5.41, 5.74) is 5.06. The van der Waals surface area contributed by atoms with Crippen LogP contribution in [0.4, 0.5) is 5.69 Å². The number of rotatable bonds is 4. The lowest BCUT2D eigenvalue weighted by molar-refractivity contribution is -0.00751. The second-order valence-corrected chi connectivity index (χ2v) is 7.59. The van der Waals surface area contributed by atoms with Gasteiger partial charge in [0, 0.05) is 12.2 Å². The number of nitrogen functional groups attached to an aromatic ring is 1. The first-order valence-electron chi connectivity index (χ1n) is 6.88. The van der Waals surface area contributed by atoms with E-state index in [0.717, 1.165) is 12.8 Å². The Bertz CT molecular complexity index is 574. The highest BCUT2D eigenvalue weighted by atomic mass is 32.2. The molecule has 0 radical (unpaired) electrons. The van der Waals surface area contributed by atoms with Crippen LogP contribution >= 0.6 is 0 Å². The van der Waals surface area contributed by atoms with E-state index < -0.39 is 15.6 Å². The van der Waals surface area contributed by atoms with Gasteiger partial charge in [-0.05, 0) is 37.0 Å². The molecule has 1 aromatic carbocycles. The van der Waals surface area contributed by atoms with E-state index in [-0.39, 0.29) is 11.4 Å². The summed E-state index contributed by atoms with van der Waals surface area (Å²) in [6.45, 7) is 2.13. The Hall–Kier alpha value is -1.11. The normalized spacial score (nSPS) is 27.4. The zero-order valence-corrected chi connectivity index (χ0v) is 12.5. The molecule has 0 amide bonds. The van der Waals surface area contributed by atoms with Crippen LogP contribution in [-0.4, -0.2) is 25.7 Å². The van der Waals surface area contributed by atoms with Gasteiger partial charge in [-0.1, -0.05) is 25.8 Å². The average molecular weight is 298 g/mol. The summed E-state index contributed by atoms with van der Waals surface area (Å²) in [5.74, 6) is 0.422. The molecule has 20 heavy (non-hydrogen) atoms. The molecule has 0 aliphatic heterocycles. The van der Waals surface area contributed by atoms with Crippen LogP contribution in [0.5, 0.6) is 0 Å². The Labute approximate surface area is 120 Å². The van der Waals surface area contributed by atoms with E-state index in [2.05, 4.69) is 11.6 Å². The first kappa shape index (κ1) is 15.3. The topological polar surface area (TPSA) is 92.4 Å². The molecule has 0 heterocycles. The van der Waals surface area contributed by atoms with Gasteiger partial charge >= 0.3 is 0 Å². The molecule has 4 N–H and O–H groups in total. The van der Waals surface area contributed by atoms with Crippen LogP contribution in [0, 0.1) is 5.92 Å². The molecule has 6 heteroatoms. The van der Waals surface area contributed by atoms with Gasteiger partial charge in [-0.15, -0.1) is 0 Å². The monoisotopic (exact) mass is 298 g/mol. The molecule has 112 valence electrons. The molecule has 1 saturated carbocycles. The maximum absolute atomic E-state index is 12.2. The van der Waals surface area contributed by atoms with Gasteiger partial charge in [0.25, 0.3) is 0 Å². The van der Waals surface area contributed by atoms with Gasteiger partial charge in [0.1, 0.15) is 0 Å². The van der Waals surface area contributed by atoms with Gasteiger partial charge in [-0.2, -0.15) is 0 Å². The van der Waals surface area contributed by atoms with Crippen LogP contribution in [0.15, 0.2) is 29.2 Å². The van der Waals surface area contributed by atoms with Gasteiger partial charge in [-0.3, -0.25) is 0 Å². The predicted octanol–water partition coefficient (Wildman–Crippen LogP) is 1.49. The fourth-order valence-corrected chi connectivity index (χ4v) is 3.96. The van der Waals surface area contributed by atoms with E-state index in [1.807, 2.05) is 0 Å². The lowest BCUT2D eigenvalue weighted by Crippen LogP contribution is -2.45. The van der Waals surface area contributed by atoms with Gasteiger partial charge in [0.05, 0.1) is 10.5 Å². The van der Waals surface area contributed by atoms with Gasteiger partial charge in [-0.25, -0.2) is 13.1 Å². The average Bonchev–Trinajstić information content (AvgIpc) is 2.37. The second kappa shape index (κ2) is 5.71. The van der Waals surface area contributed by atoms with E-state index in [1.54, 1.807) is 12.1 Å². The summed E-state index contributed by atoms with van der Waals surface area (Å²) in [6, 6.07) is 6.14. The maximum Gasteiger partial charge on any atom is 0.240 e. The number of nitrogens with one attached hydrogen (secondary N) is 1. The third-order valence-corrected chi connectivity index (χ3v) is 5.23. The van der Waals surface area contributed by atoms with Crippen molar-refractivity contribution in [2.45, 2.75) is 43.1 Å². The molecule has 2 unspecified atom stereocenters. The molecule has 1 aliphatic carbocycles. The number of hydrogen-bond donors (Lipinski definition) is 3. The maximum atomic E-state index is 12.2. The minimum Gasteiger partial charge on any atom is -0.399 e. The van der Waals surface area contributed by atoms with Crippen molar-refractivity contribution in [3.05, 3.63) is 24.3 Å². The molecule has 2 atom stereocenters. The number of sulfonamides is 1. The number of aliphatic hydroxyl groups is 1. The molecule has 1 aromatic rings. The summed E-state index contributed by atoms with van der Waals surface area (Å²) in [5, 5.41) is 10.5. The van der Waals surface area contributed by atoms with Crippen molar-refractivity contribution in [1.82, 2.24) is 4.72 Å². The molecular weight excluding hydrogens is 276 g/mol. The zero-order chi connectivity index (χ0) is 14.8. The first-order chi connectivity index (χ1) is 9.31. The molecule has 0 saturated heterocycles. The minimum atomic E-state index is -3.63. The van der Waals surface area contributed by atoms with Gasteiger partial charge < -0.3 is 10.8 Å². The van der Waals surface area contributed by atoms with Crippen molar-refractivity contribution in [2.24, 2.45) is 5.92 Å². The van der Waals surface area contributed by atoms with E-state index in [0.29, 0.717) is 24.4 Å². The lowest BCUT2D eigenvalue weighted by atomic mass is 9.79. The minimum absolute atomic E-state index is 0.0501. The van der Waals surface area contributed by atoms with Crippen molar-refractivity contribution < 1.29 is 13.5 Å². The highest BCUT2D eigenvalue weighted by Gasteiger charge is 2.33.